The molecule has 0 bridgehead atoms. The molecule has 0 aromatic heterocycles. The minimum atomic E-state index is -0.144. The van der Waals surface area contributed by atoms with Crippen molar-refractivity contribution in [3.8, 4) is 0 Å². The first-order valence-electron chi connectivity index (χ1n) is 4.04. The maximum atomic E-state index is 10.7. The van der Waals surface area contributed by atoms with E-state index >= 15 is 0 Å². The highest BCUT2D eigenvalue weighted by Gasteiger charge is 2.31. The number of carbonyl (C=O) groups is 1. The summed E-state index contributed by atoms with van der Waals surface area (Å²) in [6.07, 6.45) is 5.55. The van der Waals surface area contributed by atoms with Crippen LogP contribution in [-0.2, 0) is 4.79 Å². The van der Waals surface area contributed by atoms with Gasteiger partial charge in [-0.25, -0.2) is 0 Å². The summed E-state index contributed by atoms with van der Waals surface area (Å²) in [7, 11) is 0. The lowest BCUT2D eigenvalue weighted by Crippen LogP contribution is -2.43. The minimum Gasteiger partial charge on any atom is -0.305 e. The molecule has 1 saturated carbocycles. The summed E-state index contributed by atoms with van der Waals surface area (Å²) < 4.78 is 0. The molecule has 0 spiro atoms. The van der Waals surface area contributed by atoms with Crippen LogP contribution in [0.25, 0.3) is 0 Å². The van der Waals surface area contributed by atoms with Crippen LogP contribution in [0.2, 0.25) is 0 Å². The zero-order valence-electron chi connectivity index (χ0n) is 6.52. The monoisotopic (exact) mass is 141 g/mol. The molecule has 0 amide bonds. The topological polar surface area (TPSA) is 29.1 Å². The lowest BCUT2D eigenvalue weighted by molar-refractivity contribution is -0.113. The largest absolute Gasteiger partial charge is 0.305 e. The second kappa shape index (κ2) is 3.15. The smallest absolute Gasteiger partial charge is 0.140 e. The van der Waals surface area contributed by atoms with Gasteiger partial charge in [0, 0.05) is 0 Å². The van der Waals surface area contributed by atoms with E-state index in [2.05, 4.69) is 5.32 Å². The molecular formula is C8H15NO. The van der Waals surface area contributed by atoms with Gasteiger partial charge >= 0.3 is 0 Å². The van der Waals surface area contributed by atoms with Crippen molar-refractivity contribution in [2.75, 3.05) is 6.54 Å². The van der Waals surface area contributed by atoms with E-state index in [1.807, 2.05) is 6.92 Å². The molecule has 0 aromatic rings. The summed E-state index contributed by atoms with van der Waals surface area (Å²) in [4.78, 5) is 10.7. The Morgan fingerprint density at radius 2 is 2.10 bits per heavy atom. The minimum absolute atomic E-state index is 0.144. The highest BCUT2D eigenvalue weighted by atomic mass is 16.1. The van der Waals surface area contributed by atoms with E-state index in [4.69, 9.17) is 0 Å². The molecule has 2 nitrogen and oxygen atoms in total. The molecule has 1 rings (SSSR count). The van der Waals surface area contributed by atoms with Crippen LogP contribution < -0.4 is 5.32 Å². The maximum Gasteiger partial charge on any atom is 0.140 e. The summed E-state index contributed by atoms with van der Waals surface area (Å²) in [6, 6.07) is 0. The Hall–Kier alpha value is -0.370. The van der Waals surface area contributed by atoms with Crippen molar-refractivity contribution >= 4 is 6.29 Å². The number of aldehydes is 1. The first-order chi connectivity index (χ1) is 4.83. The zero-order chi connectivity index (χ0) is 7.45. The molecule has 58 valence electrons. The Labute approximate surface area is 62.0 Å². The van der Waals surface area contributed by atoms with Gasteiger partial charge in [-0.1, -0.05) is 19.8 Å². The number of carbonyl (C=O) groups excluding carboxylic acids is 1. The molecule has 0 heterocycles. The van der Waals surface area contributed by atoms with Crippen molar-refractivity contribution in [1.29, 1.82) is 0 Å². The van der Waals surface area contributed by atoms with Gasteiger partial charge in [0.05, 0.1) is 5.54 Å². The van der Waals surface area contributed by atoms with Crippen LogP contribution >= 0.6 is 0 Å². The fraction of sp³-hybridized carbons (Fsp3) is 0.875. The summed E-state index contributed by atoms with van der Waals surface area (Å²) in [6.45, 7) is 2.95. The van der Waals surface area contributed by atoms with Crippen LogP contribution in [0.1, 0.15) is 32.6 Å². The number of hydrogen-bond donors (Lipinski definition) is 1. The molecule has 0 radical (unpaired) electrons. The van der Waals surface area contributed by atoms with E-state index in [9.17, 15) is 4.79 Å². The van der Waals surface area contributed by atoms with Crippen LogP contribution in [0.4, 0.5) is 0 Å². The van der Waals surface area contributed by atoms with Gasteiger partial charge < -0.3 is 10.1 Å². The molecule has 0 aliphatic heterocycles. The Morgan fingerprint density at radius 3 is 2.50 bits per heavy atom. The predicted molar refractivity (Wildman–Crippen MR) is 40.9 cm³/mol. The van der Waals surface area contributed by atoms with E-state index in [1.54, 1.807) is 0 Å². The number of hydrogen-bond acceptors (Lipinski definition) is 2. The number of likely N-dealkylation sites (N-methyl/N-ethyl adjacent to an activating group) is 1. The molecule has 0 aromatic carbocycles. The average molecular weight is 141 g/mol. The van der Waals surface area contributed by atoms with Crippen LogP contribution in [0.5, 0.6) is 0 Å². The molecule has 0 unspecified atom stereocenters. The Kier molecular flexibility index (Phi) is 2.44. The van der Waals surface area contributed by atoms with Gasteiger partial charge in [0.25, 0.3) is 0 Å². The second-order valence-electron chi connectivity index (χ2n) is 3.01. The fourth-order valence-corrected chi connectivity index (χ4v) is 1.69. The van der Waals surface area contributed by atoms with Crippen LogP contribution in [-0.4, -0.2) is 18.4 Å². The van der Waals surface area contributed by atoms with Crippen molar-refractivity contribution < 1.29 is 4.79 Å². The highest BCUT2D eigenvalue weighted by molar-refractivity contribution is 5.64. The molecule has 1 fully saturated rings. The van der Waals surface area contributed by atoms with Gasteiger partial charge in [-0.15, -0.1) is 0 Å². The van der Waals surface area contributed by atoms with E-state index in [0.29, 0.717) is 0 Å². The zero-order valence-corrected chi connectivity index (χ0v) is 6.52. The number of nitrogens with one attached hydrogen (secondary N) is 1. The lowest BCUT2D eigenvalue weighted by atomic mass is 10.0. The lowest BCUT2D eigenvalue weighted by Gasteiger charge is -2.22. The summed E-state index contributed by atoms with van der Waals surface area (Å²) in [5, 5.41) is 3.24. The third-order valence-electron chi connectivity index (χ3n) is 2.25. The van der Waals surface area contributed by atoms with E-state index in [-0.39, 0.29) is 5.54 Å². The van der Waals surface area contributed by atoms with E-state index in [1.165, 1.54) is 12.8 Å². The average Bonchev–Trinajstić information content (AvgIpc) is 2.39. The Balaban J connectivity index is 2.49. The Bertz CT molecular complexity index is 116. The van der Waals surface area contributed by atoms with Gasteiger partial charge in [-0.2, -0.15) is 0 Å². The summed E-state index contributed by atoms with van der Waals surface area (Å²) in [5.41, 5.74) is -0.144. The first kappa shape index (κ1) is 7.73. The fourth-order valence-electron chi connectivity index (χ4n) is 1.69. The molecule has 1 aliphatic carbocycles. The van der Waals surface area contributed by atoms with Crippen LogP contribution in [0.15, 0.2) is 0 Å². The molecule has 1 N–H and O–H groups in total. The van der Waals surface area contributed by atoms with Crippen molar-refractivity contribution in [2.24, 2.45) is 0 Å². The number of rotatable bonds is 3. The van der Waals surface area contributed by atoms with Gasteiger partial charge in [0.15, 0.2) is 0 Å². The van der Waals surface area contributed by atoms with Crippen molar-refractivity contribution in [1.82, 2.24) is 5.32 Å². The summed E-state index contributed by atoms with van der Waals surface area (Å²) in [5.74, 6) is 0. The first-order valence-corrected chi connectivity index (χ1v) is 4.04. The van der Waals surface area contributed by atoms with E-state index < -0.39 is 0 Å². The molecule has 0 saturated heterocycles. The van der Waals surface area contributed by atoms with Gasteiger partial charge in [-0.3, -0.25) is 0 Å². The van der Waals surface area contributed by atoms with Gasteiger partial charge in [-0.05, 0) is 19.4 Å². The molecule has 1 aliphatic rings. The second-order valence-corrected chi connectivity index (χ2v) is 3.01. The SMILES string of the molecule is CCNC1(C=O)CCCC1. The quantitative estimate of drug-likeness (QED) is 0.596. The standard InChI is InChI=1S/C8H15NO/c1-2-9-8(7-10)5-3-4-6-8/h7,9H,2-6H2,1H3. The van der Waals surface area contributed by atoms with Crippen molar-refractivity contribution in [2.45, 2.75) is 38.1 Å². The highest BCUT2D eigenvalue weighted by Crippen LogP contribution is 2.27. The summed E-state index contributed by atoms with van der Waals surface area (Å²) >= 11 is 0. The third kappa shape index (κ3) is 1.37. The third-order valence-corrected chi connectivity index (χ3v) is 2.25. The Morgan fingerprint density at radius 1 is 1.50 bits per heavy atom. The molecule has 2 heteroatoms. The van der Waals surface area contributed by atoms with Gasteiger partial charge in [0.1, 0.15) is 6.29 Å². The van der Waals surface area contributed by atoms with E-state index in [0.717, 1.165) is 25.7 Å². The molecule has 0 atom stereocenters. The molecular weight excluding hydrogens is 126 g/mol. The van der Waals surface area contributed by atoms with Crippen molar-refractivity contribution in [3.05, 3.63) is 0 Å². The normalized spacial score (nSPS) is 22.9. The maximum absolute atomic E-state index is 10.7. The predicted octanol–water partition coefficient (Wildman–Crippen LogP) is 1.11. The van der Waals surface area contributed by atoms with Gasteiger partial charge in [0.2, 0.25) is 0 Å². The van der Waals surface area contributed by atoms with Crippen LogP contribution in [0, 0.1) is 0 Å². The molecule has 10 heavy (non-hydrogen) atoms. The van der Waals surface area contributed by atoms with Crippen LogP contribution in [0.3, 0.4) is 0 Å². The van der Waals surface area contributed by atoms with Crippen molar-refractivity contribution in [3.63, 3.8) is 0 Å².